The number of thioether (sulfide) groups is 1. The molecule has 0 amide bonds. The van der Waals surface area contributed by atoms with E-state index in [2.05, 4.69) is 0 Å². The van der Waals surface area contributed by atoms with Crippen molar-refractivity contribution in [3.63, 3.8) is 0 Å². The number of carbonyl (C=O) groups excluding carboxylic acids is 3. The lowest BCUT2D eigenvalue weighted by molar-refractivity contribution is -0.138. The highest BCUT2D eigenvalue weighted by Gasteiger charge is 2.36. The van der Waals surface area contributed by atoms with Crippen LogP contribution in [0.15, 0.2) is 77.1 Å². The predicted octanol–water partition coefficient (Wildman–Crippen LogP) is 6.59. The summed E-state index contributed by atoms with van der Waals surface area (Å²) in [6, 6.07) is 14.0. The zero-order valence-electron chi connectivity index (χ0n) is 21.4. The third-order valence-corrected chi connectivity index (χ3v) is 7.29. The molecule has 0 saturated heterocycles. The van der Waals surface area contributed by atoms with Crippen LogP contribution < -0.4 is 4.90 Å². The Morgan fingerprint density at radius 1 is 0.974 bits per heavy atom. The third kappa shape index (κ3) is 6.66. The van der Waals surface area contributed by atoms with Crippen LogP contribution in [0.3, 0.4) is 0 Å². The maximum Gasteiger partial charge on any atom is 0.416 e. The number of esters is 2. The summed E-state index contributed by atoms with van der Waals surface area (Å²) in [5.41, 5.74) is 1.16. The molecule has 1 heterocycles. The molecule has 3 rings (SSSR count). The maximum atomic E-state index is 13.6. The van der Waals surface area contributed by atoms with Crippen molar-refractivity contribution in [1.82, 2.24) is 0 Å². The van der Waals surface area contributed by atoms with Gasteiger partial charge in [0.1, 0.15) is 0 Å². The Morgan fingerprint density at radius 2 is 1.61 bits per heavy atom. The number of hydrogen-bond donors (Lipinski definition) is 0. The van der Waals surface area contributed by atoms with E-state index in [1.165, 1.54) is 38.2 Å². The van der Waals surface area contributed by atoms with E-state index in [1.807, 2.05) is 30.3 Å². The summed E-state index contributed by atoms with van der Waals surface area (Å²) >= 11 is 1.14. The first-order valence-corrected chi connectivity index (χ1v) is 12.6. The lowest BCUT2D eigenvalue weighted by Gasteiger charge is -2.36. The Balaban J connectivity index is 2.16. The van der Waals surface area contributed by atoms with Gasteiger partial charge in [0.2, 0.25) is 0 Å². The normalized spacial score (nSPS) is 14.9. The molecule has 0 bridgehead atoms. The largest absolute Gasteiger partial charge is 0.466 e. The van der Waals surface area contributed by atoms with Crippen LogP contribution in [-0.4, -0.2) is 31.3 Å². The van der Waals surface area contributed by atoms with Crippen molar-refractivity contribution >= 4 is 34.5 Å². The highest BCUT2D eigenvalue weighted by atomic mass is 32.2. The van der Waals surface area contributed by atoms with E-state index in [1.54, 1.807) is 6.92 Å². The minimum atomic E-state index is -4.60. The molecular formula is C28H28F3NO5S. The molecule has 1 aliphatic heterocycles. The zero-order valence-corrected chi connectivity index (χ0v) is 22.2. The molecule has 0 spiro atoms. The fourth-order valence-electron chi connectivity index (χ4n) is 4.40. The lowest BCUT2D eigenvalue weighted by Crippen LogP contribution is -2.32. The Bertz CT molecular complexity index is 1270. The van der Waals surface area contributed by atoms with Gasteiger partial charge in [-0.25, -0.2) is 9.59 Å². The van der Waals surface area contributed by atoms with Crippen LogP contribution >= 0.6 is 11.8 Å². The van der Waals surface area contributed by atoms with Crippen molar-refractivity contribution in [3.05, 3.63) is 88.3 Å². The standard InChI is InChI=1S/C28H28F3NO5S/c1-17-22(26(34)36-3)16-23(27(35)37-4)24(32(17)21-12-8-11-20(15-21)28(29,30)31)13-14-25(38-18(2)33)19-9-6-5-7-10-19/h5-12,15,25H,13-14,16H2,1-4H3. The molecule has 38 heavy (non-hydrogen) atoms. The molecule has 1 unspecified atom stereocenters. The Kier molecular flexibility index (Phi) is 9.43. The van der Waals surface area contributed by atoms with Gasteiger partial charge >= 0.3 is 18.1 Å². The molecule has 10 heteroatoms. The van der Waals surface area contributed by atoms with E-state index >= 15 is 0 Å². The van der Waals surface area contributed by atoms with Crippen molar-refractivity contribution < 1.29 is 37.0 Å². The number of methoxy groups -OCH3 is 2. The second-order valence-electron chi connectivity index (χ2n) is 8.58. The lowest BCUT2D eigenvalue weighted by atomic mass is 9.92. The molecule has 0 radical (unpaired) electrons. The molecule has 1 aliphatic rings. The number of nitrogens with zero attached hydrogens (tertiary/aromatic N) is 1. The van der Waals surface area contributed by atoms with Crippen molar-refractivity contribution in [2.75, 3.05) is 19.1 Å². The molecule has 6 nitrogen and oxygen atoms in total. The first kappa shape index (κ1) is 29.0. The first-order chi connectivity index (χ1) is 18.0. The van der Waals surface area contributed by atoms with Gasteiger partial charge in [0.15, 0.2) is 5.12 Å². The first-order valence-electron chi connectivity index (χ1n) is 11.8. The molecule has 1 atom stereocenters. The number of allylic oxidation sites excluding steroid dienone is 2. The highest BCUT2D eigenvalue weighted by molar-refractivity contribution is 8.13. The van der Waals surface area contributed by atoms with E-state index in [-0.39, 0.29) is 40.0 Å². The number of benzene rings is 2. The molecule has 0 saturated carbocycles. The number of halogens is 3. The molecular weight excluding hydrogens is 519 g/mol. The van der Waals surface area contributed by atoms with Gasteiger partial charge in [-0.3, -0.25) is 4.79 Å². The van der Waals surface area contributed by atoms with Gasteiger partial charge in [-0.2, -0.15) is 13.2 Å². The van der Waals surface area contributed by atoms with Crippen molar-refractivity contribution in [2.45, 2.75) is 44.5 Å². The fraction of sp³-hybridized carbons (Fsp3) is 0.321. The summed E-state index contributed by atoms with van der Waals surface area (Å²) < 4.78 is 50.7. The number of hydrogen-bond acceptors (Lipinski definition) is 7. The molecule has 202 valence electrons. The van der Waals surface area contributed by atoms with Crippen LogP contribution in [0.25, 0.3) is 0 Å². The van der Waals surface area contributed by atoms with E-state index in [0.29, 0.717) is 17.8 Å². The van der Waals surface area contributed by atoms with Gasteiger partial charge < -0.3 is 14.4 Å². The molecule has 0 fully saturated rings. The summed E-state index contributed by atoms with van der Waals surface area (Å²) in [5.74, 6) is -1.41. The maximum absolute atomic E-state index is 13.6. The topological polar surface area (TPSA) is 72.9 Å². The summed E-state index contributed by atoms with van der Waals surface area (Å²) in [6.45, 7) is 3.06. The van der Waals surface area contributed by atoms with Crippen LogP contribution in [0, 0.1) is 0 Å². The zero-order chi connectivity index (χ0) is 28.0. The smallest absolute Gasteiger partial charge is 0.416 e. The van der Waals surface area contributed by atoms with E-state index < -0.39 is 23.7 Å². The van der Waals surface area contributed by atoms with Crippen molar-refractivity contribution in [3.8, 4) is 0 Å². The molecule has 0 aromatic heterocycles. The van der Waals surface area contributed by atoms with Gasteiger partial charge in [-0.15, -0.1) is 0 Å². The minimum Gasteiger partial charge on any atom is -0.466 e. The second kappa shape index (κ2) is 12.3. The van der Waals surface area contributed by atoms with E-state index in [4.69, 9.17) is 9.47 Å². The Hall–Kier alpha value is -3.53. The van der Waals surface area contributed by atoms with E-state index in [0.717, 1.165) is 29.5 Å². The Labute approximate surface area is 223 Å². The SMILES string of the molecule is COC(=O)C1=C(C)N(c2cccc(C(F)(F)F)c2)C(CCC(SC(C)=O)c2ccccc2)=C(C(=O)OC)C1. The number of carbonyl (C=O) groups is 3. The van der Waals surface area contributed by atoms with Crippen molar-refractivity contribution in [1.29, 1.82) is 0 Å². The van der Waals surface area contributed by atoms with E-state index in [9.17, 15) is 27.6 Å². The van der Waals surface area contributed by atoms with Gasteiger partial charge in [0.25, 0.3) is 0 Å². The van der Waals surface area contributed by atoms with Crippen LogP contribution in [0.4, 0.5) is 18.9 Å². The predicted molar refractivity (Wildman–Crippen MR) is 139 cm³/mol. The number of anilines is 1. The molecule has 0 N–H and O–H groups in total. The van der Waals surface area contributed by atoms with Gasteiger partial charge in [-0.05, 0) is 43.5 Å². The summed E-state index contributed by atoms with van der Waals surface area (Å²) in [5, 5.41) is -0.363. The second-order valence-corrected chi connectivity index (χ2v) is 9.96. The summed E-state index contributed by atoms with van der Waals surface area (Å²) in [7, 11) is 2.39. The van der Waals surface area contributed by atoms with Gasteiger partial charge in [-0.1, -0.05) is 48.2 Å². The monoisotopic (exact) mass is 547 g/mol. The minimum absolute atomic E-state index is 0.0940. The number of rotatable bonds is 8. The summed E-state index contributed by atoms with van der Waals surface area (Å²) in [4.78, 5) is 39.0. The average Bonchev–Trinajstić information content (AvgIpc) is 2.90. The van der Waals surface area contributed by atoms with Gasteiger partial charge in [0, 0.05) is 35.7 Å². The summed E-state index contributed by atoms with van der Waals surface area (Å²) in [6.07, 6.45) is -4.10. The molecule has 2 aromatic rings. The van der Waals surface area contributed by atoms with Crippen molar-refractivity contribution in [2.24, 2.45) is 0 Å². The Morgan fingerprint density at radius 3 is 2.18 bits per heavy atom. The quantitative estimate of drug-likeness (QED) is 0.345. The van der Waals surface area contributed by atoms with Crippen LogP contribution in [0.5, 0.6) is 0 Å². The number of alkyl halides is 3. The molecule has 0 aliphatic carbocycles. The highest BCUT2D eigenvalue weighted by Crippen LogP contribution is 2.42. The average molecular weight is 548 g/mol. The van der Waals surface area contributed by atoms with Crippen LogP contribution in [-0.2, 0) is 30.0 Å². The number of ether oxygens (including phenoxy) is 2. The van der Waals surface area contributed by atoms with Crippen LogP contribution in [0.2, 0.25) is 0 Å². The molecule has 2 aromatic carbocycles. The van der Waals surface area contributed by atoms with Crippen LogP contribution in [0.1, 0.15) is 49.5 Å². The van der Waals surface area contributed by atoms with Gasteiger partial charge in [0.05, 0.1) is 30.9 Å². The fourth-order valence-corrected chi connectivity index (χ4v) is 5.33. The third-order valence-electron chi connectivity index (χ3n) is 6.16.